The van der Waals surface area contributed by atoms with Crippen LogP contribution in [0.4, 0.5) is 14.6 Å². The van der Waals surface area contributed by atoms with Crippen LogP contribution in [0.25, 0.3) is 0 Å². The molecule has 1 atom stereocenters. The Kier molecular flexibility index (Phi) is 8.17. The zero-order valence-corrected chi connectivity index (χ0v) is 20.3. The van der Waals surface area contributed by atoms with Crippen LogP contribution in [0, 0.1) is 11.6 Å². The molecule has 0 spiro atoms. The van der Waals surface area contributed by atoms with Gasteiger partial charge in [0.1, 0.15) is 11.6 Å². The lowest BCUT2D eigenvalue weighted by Gasteiger charge is -2.34. The van der Waals surface area contributed by atoms with E-state index in [9.17, 15) is 23.2 Å². The van der Waals surface area contributed by atoms with E-state index in [-0.39, 0.29) is 29.4 Å². The topological polar surface area (TPSA) is 104 Å². The van der Waals surface area contributed by atoms with Crippen molar-refractivity contribution >= 4 is 23.5 Å². The van der Waals surface area contributed by atoms with Gasteiger partial charge in [-0.3, -0.25) is 14.4 Å². The summed E-state index contributed by atoms with van der Waals surface area (Å²) in [6, 6.07) is 12.0. The SMILES string of the molecule is CC[C@H](C(=O)N1CCC(NC(=O)c2nccnc2NC(=O)c2ccc(F)cc2F)CC1)c1ccccc1. The average Bonchev–Trinajstić information content (AvgIpc) is 2.90. The molecule has 1 saturated heterocycles. The zero-order chi connectivity index (χ0) is 26.4. The van der Waals surface area contributed by atoms with Gasteiger partial charge in [0.15, 0.2) is 11.5 Å². The molecule has 192 valence electrons. The Hall–Kier alpha value is -4.21. The van der Waals surface area contributed by atoms with Crippen LogP contribution in [0.5, 0.6) is 0 Å². The number of nitrogens with one attached hydrogen (secondary N) is 2. The molecule has 1 aromatic heterocycles. The minimum atomic E-state index is -1.04. The van der Waals surface area contributed by atoms with Gasteiger partial charge in [0.05, 0.1) is 11.5 Å². The third-order valence-electron chi connectivity index (χ3n) is 6.37. The second kappa shape index (κ2) is 11.7. The summed E-state index contributed by atoms with van der Waals surface area (Å²) in [6.07, 6.45) is 4.41. The zero-order valence-electron chi connectivity index (χ0n) is 20.3. The standard InChI is InChI=1S/C27H27F2N5O3/c1-2-20(17-6-4-3-5-7-17)27(37)34-14-10-19(11-15-34)32-26(36)23-24(31-13-12-30-23)33-25(35)21-9-8-18(28)16-22(21)29/h3-9,12-13,16,19-20H,2,10-11,14-15H2,1H3,(H,32,36)(H,31,33,35)/t20-/m0/s1. The van der Waals surface area contributed by atoms with Gasteiger partial charge in [0.25, 0.3) is 11.8 Å². The van der Waals surface area contributed by atoms with Crippen LogP contribution in [0.2, 0.25) is 0 Å². The van der Waals surface area contributed by atoms with Crippen molar-refractivity contribution in [3.05, 3.63) is 89.4 Å². The summed E-state index contributed by atoms with van der Waals surface area (Å²) in [7, 11) is 0. The molecule has 0 unspecified atom stereocenters. The molecule has 1 aliphatic heterocycles. The number of carbonyl (C=O) groups is 3. The fraction of sp³-hybridized carbons (Fsp3) is 0.296. The summed E-state index contributed by atoms with van der Waals surface area (Å²) in [4.78, 5) is 48.4. The van der Waals surface area contributed by atoms with Gasteiger partial charge in [0.2, 0.25) is 5.91 Å². The first-order valence-corrected chi connectivity index (χ1v) is 12.1. The summed E-state index contributed by atoms with van der Waals surface area (Å²) >= 11 is 0. The van der Waals surface area contributed by atoms with Crippen LogP contribution in [-0.4, -0.2) is 51.7 Å². The maximum atomic E-state index is 14.0. The minimum Gasteiger partial charge on any atom is -0.348 e. The predicted molar refractivity (Wildman–Crippen MR) is 133 cm³/mol. The highest BCUT2D eigenvalue weighted by Crippen LogP contribution is 2.24. The number of benzene rings is 2. The van der Waals surface area contributed by atoms with Gasteiger partial charge in [-0.1, -0.05) is 37.3 Å². The summed E-state index contributed by atoms with van der Waals surface area (Å²) in [5.41, 5.74) is 0.464. The quantitative estimate of drug-likeness (QED) is 0.505. The third-order valence-corrected chi connectivity index (χ3v) is 6.37. The molecular weight excluding hydrogens is 480 g/mol. The lowest BCUT2D eigenvalue weighted by Crippen LogP contribution is -2.48. The lowest BCUT2D eigenvalue weighted by molar-refractivity contribution is -0.134. The highest BCUT2D eigenvalue weighted by atomic mass is 19.1. The maximum absolute atomic E-state index is 14.0. The first-order chi connectivity index (χ1) is 17.9. The number of rotatable bonds is 7. The summed E-state index contributed by atoms with van der Waals surface area (Å²) < 4.78 is 27.2. The Labute approximate surface area is 213 Å². The van der Waals surface area contributed by atoms with Gasteiger partial charge in [-0.2, -0.15) is 0 Å². The van der Waals surface area contributed by atoms with Crippen molar-refractivity contribution in [2.45, 2.75) is 38.1 Å². The fourth-order valence-electron chi connectivity index (χ4n) is 4.40. The molecule has 37 heavy (non-hydrogen) atoms. The first kappa shape index (κ1) is 25.9. The molecule has 0 radical (unpaired) electrons. The van der Waals surface area contributed by atoms with E-state index < -0.39 is 29.0 Å². The van der Waals surface area contributed by atoms with Crippen molar-refractivity contribution in [2.75, 3.05) is 18.4 Å². The van der Waals surface area contributed by atoms with Crippen LogP contribution in [0.1, 0.15) is 58.5 Å². The molecule has 0 bridgehead atoms. The Morgan fingerprint density at radius 1 is 1.00 bits per heavy atom. The van der Waals surface area contributed by atoms with Gasteiger partial charge >= 0.3 is 0 Å². The van der Waals surface area contributed by atoms with E-state index in [1.54, 1.807) is 0 Å². The number of piperidine rings is 1. The number of amides is 3. The molecule has 2 heterocycles. The van der Waals surface area contributed by atoms with Crippen molar-refractivity contribution in [2.24, 2.45) is 0 Å². The predicted octanol–water partition coefficient (Wildman–Crippen LogP) is 3.92. The second-order valence-corrected chi connectivity index (χ2v) is 8.78. The Balaban J connectivity index is 1.36. The first-order valence-electron chi connectivity index (χ1n) is 12.1. The highest BCUT2D eigenvalue weighted by Gasteiger charge is 2.29. The molecule has 0 saturated carbocycles. The number of halogens is 2. The second-order valence-electron chi connectivity index (χ2n) is 8.78. The molecular formula is C27H27F2N5O3. The van der Waals surface area contributed by atoms with Gasteiger partial charge in [-0.05, 0) is 37.0 Å². The molecule has 1 aliphatic rings. The van der Waals surface area contributed by atoms with E-state index in [4.69, 9.17) is 0 Å². The van der Waals surface area contributed by atoms with Crippen molar-refractivity contribution in [3.8, 4) is 0 Å². The number of hydrogen-bond donors (Lipinski definition) is 2. The molecule has 8 nitrogen and oxygen atoms in total. The van der Waals surface area contributed by atoms with Gasteiger partial charge in [-0.15, -0.1) is 0 Å². The third kappa shape index (κ3) is 6.14. The number of nitrogens with zero attached hydrogens (tertiary/aromatic N) is 3. The van der Waals surface area contributed by atoms with Gasteiger partial charge in [0, 0.05) is 37.6 Å². The number of likely N-dealkylation sites (tertiary alicyclic amines) is 1. The summed E-state index contributed by atoms with van der Waals surface area (Å²) in [6.45, 7) is 2.99. The molecule has 2 N–H and O–H groups in total. The van der Waals surface area contributed by atoms with Crippen molar-refractivity contribution in [1.82, 2.24) is 20.2 Å². The molecule has 4 rings (SSSR count). The monoisotopic (exact) mass is 507 g/mol. The maximum Gasteiger partial charge on any atom is 0.273 e. The largest absolute Gasteiger partial charge is 0.348 e. The Morgan fingerprint density at radius 2 is 1.70 bits per heavy atom. The molecule has 0 aliphatic carbocycles. The number of anilines is 1. The van der Waals surface area contributed by atoms with Crippen LogP contribution in [0.15, 0.2) is 60.9 Å². The molecule has 1 fully saturated rings. The van der Waals surface area contributed by atoms with E-state index in [1.807, 2.05) is 42.2 Å². The summed E-state index contributed by atoms with van der Waals surface area (Å²) in [5, 5.41) is 5.26. The smallest absolute Gasteiger partial charge is 0.273 e. The van der Waals surface area contributed by atoms with Crippen molar-refractivity contribution in [1.29, 1.82) is 0 Å². The minimum absolute atomic E-state index is 0.0745. The molecule has 2 aromatic carbocycles. The van der Waals surface area contributed by atoms with Crippen LogP contribution in [-0.2, 0) is 4.79 Å². The summed E-state index contributed by atoms with van der Waals surface area (Å²) in [5.74, 6) is -3.56. The lowest BCUT2D eigenvalue weighted by atomic mass is 9.93. The Morgan fingerprint density at radius 3 is 2.38 bits per heavy atom. The van der Waals surface area contributed by atoms with E-state index in [0.717, 1.165) is 17.7 Å². The van der Waals surface area contributed by atoms with Crippen molar-refractivity contribution in [3.63, 3.8) is 0 Å². The van der Waals surface area contributed by atoms with E-state index in [1.165, 1.54) is 12.4 Å². The molecule has 10 heteroatoms. The normalized spacial score (nSPS) is 14.6. The van der Waals surface area contributed by atoms with Crippen LogP contribution < -0.4 is 10.6 Å². The van der Waals surface area contributed by atoms with E-state index in [0.29, 0.717) is 38.4 Å². The average molecular weight is 508 g/mol. The number of carbonyl (C=O) groups excluding carboxylic acids is 3. The highest BCUT2D eigenvalue weighted by molar-refractivity contribution is 6.07. The Bertz CT molecular complexity index is 1280. The van der Waals surface area contributed by atoms with E-state index >= 15 is 0 Å². The van der Waals surface area contributed by atoms with Gasteiger partial charge in [-0.25, -0.2) is 18.7 Å². The fourth-order valence-corrected chi connectivity index (χ4v) is 4.40. The molecule has 3 amide bonds. The van der Waals surface area contributed by atoms with Gasteiger partial charge < -0.3 is 15.5 Å². The number of aromatic nitrogens is 2. The van der Waals surface area contributed by atoms with Crippen LogP contribution in [0.3, 0.4) is 0 Å². The number of hydrogen-bond acceptors (Lipinski definition) is 5. The molecule has 3 aromatic rings. The van der Waals surface area contributed by atoms with Crippen LogP contribution >= 0.6 is 0 Å². The van der Waals surface area contributed by atoms with E-state index in [2.05, 4.69) is 20.6 Å². The van der Waals surface area contributed by atoms with Crippen molar-refractivity contribution < 1.29 is 23.2 Å².